The molecule has 0 radical (unpaired) electrons. The van der Waals surface area contributed by atoms with Crippen LogP contribution in [0.4, 0.5) is 0 Å². The van der Waals surface area contributed by atoms with Gasteiger partial charge in [-0.3, -0.25) is 4.98 Å². The molecule has 0 amide bonds. The van der Waals surface area contributed by atoms with Crippen molar-refractivity contribution in [2.24, 2.45) is 0 Å². The zero-order chi connectivity index (χ0) is 18.4. The summed E-state index contributed by atoms with van der Waals surface area (Å²) in [6, 6.07) is 8.96. The van der Waals surface area contributed by atoms with Crippen LogP contribution in [0.3, 0.4) is 0 Å². The Morgan fingerprint density at radius 1 is 0.926 bits per heavy atom. The molecule has 2 aromatic heterocycles. The molecule has 0 spiro atoms. The molecule has 2 fully saturated rings. The predicted molar refractivity (Wildman–Crippen MR) is 98.7 cm³/mol. The summed E-state index contributed by atoms with van der Waals surface area (Å²) >= 11 is 0. The molecule has 27 heavy (non-hydrogen) atoms. The van der Waals surface area contributed by atoms with Crippen LogP contribution < -0.4 is 0 Å². The number of pyridine rings is 1. The van der Waals surface area contributed by atoms with Gasteiger partial charge in [0.15, 0.2) is 0 Å². The number of piperidine rings is 1. The van der Waals surface area contributed by atoms with Gasteiger partial charge in [-0.15, -0.1) is 10.2 Å². The second-order valence-corrected chi connectivity index (χ2v) is 9.17. The average molecular weight is 384 g/mol. The first-order valence-electron chi connectivity index (χ1n) is 9.30. The van der Waals surface area contributed by atoms with Crippen molar-refractivity contribution in [3.05, 3.63) is 48.3 Å². The Balaban J connectivity index is 1.36. The van der Waals surface area contributed by atoms with Gasteiger partial charge >= 0.3 is 0 Å². The summed E-state index contributed by atoms with van der Waals surface area (Å²) in [5.74, 6) is 1.95. The van der Waals surface area contributed by atoms with E-state index in [9.17, 15) is 8.42 Å². The van der Waals surface area contributed by atoms with Gasteiger partial charge in [0.1, 0.15) is 4.90 Å². The third-order valence-electron chi connectivity index (χ3n) is 5.40. The smallest absolute Gasteiger partial charge is 0.245 e. The molecule has 0 N–H and O–H groups in total. The largest absolute Gasteiger partial charge is 0.425 e. The first-order chi connectivity index (χ1) is 13.1. The molecule has 3 heterocycles. The highest BCUT2D eigenvalue weighted by Crippen LogP contribution is 2.40. The molecule has 0 unspecified atom stereocenters. The van der Waals surface area contributed by atoms with E-state index in [0.717, 1.165) is 24.1 Å². The van der Waals surface area contributed by atoms with Gasteiger partial charge in [-0.1, -0.05) is 18.2 Å². The number of nitrogens with zero attached hydrogens (tertiary/aromatic N) is 4. The maximum absolute atomic E-state index is 13.2. The van der Waals surface area contributed by atoms with Crippen LogP contribution in [0.15, 0.2) is 45.8 Å². The van der Waals surface area contributed by atoms with Crippen molar-refractivity contribution >= 4 is 20.9 Å². The summed E-state index contributed by atoms with van der Waals surface area (Å²) in [6.45, 7) is 0.884. The molecule has 5 rings (SSSR count). The van der Waals surface area contributed by atoms with Gasteiger partial charge in [0.2, 0.25) is 21.8 Å². The quantitative estimate of drug-likeness (QED) is 0.687. The molecule has 2 aliphatic rings. The van der Waals surface area contributed by atoms with E-state index in [0.29, 0.717) is 43.3 Å². The molecule has 1 saturated heterocycles. The summed E-state index contributed by atoms with van der Waals surface area (Å²) in [5, 5.41) is 9.16. The van der Waals surface area contributed by atoms with Crippen molar-refractivity contribution in [1.29, 1.82) is 0 Å². The van der Waals surface area contributed by atoms with Gasteiger partial charge in [0.25, 0.3) is 0 Å². The van der Waals surface area contributed by atoms with E-state index in [1.807, 2.05) is 18.2 Å². The van der Waals surface area contributed by atoms with E-state index < -0.39 is 10.0 Å². The highest BCUT2D eigenvalue weighted by atomic mass is 32.2. The zero-order valence-electron chi connectivity index (χ0n) is 14.8. The minimum atomic E-state index is -3.59. The molecular formula is C19H20N4O3S. The summed E-state index contributed by atoms with van der Waals surface area (Å²) in [7, 11) is -3.59. The van der Waals surface area contributed by atoms with E-state index in [1.165, 1.54) is 0 Å². The lowest BCUT2D eigenvalue weighted by atomic mass is 9.98. The Morgan fingerprint density at radius 3 is 2.30 bits per heavy atom. The molecule has 140 valence electrons. The number of aromatic nitrogens is 3. The third-order valence-corrected chi connectivity index (χ3v) is 7.33. The first kappa shape index (κ1) is 16.8. The second kappa shape index (κ2) is 6.38. The summed E-state index contributed by atoms with van der Waals surface area (Å²) in [4.78, 5) is 4.56. The SMILES string of the molecule is O=S(=O)(c1cccc2cccnc12)N1CCC(c2nnc(C3CC3)o2)CC1. The average Bonchev–Trinajstić information content (AvgIpc) is 3.44. The van der Waals surface area contributed by atoms with E-state index >= 15 is 0 Å². The minimum Gasteiger partial charge on any atom is -0.425 e. The fourth-order valence-corrected chi connectivity index (χ4v) is 5.31. The van der Waals surface area contributed by atoms with Gasteiger partial charge in [-0.2, -0.15) is 4.31 Å². The lowest BCUT2D eigenvalue weighted by Crippen LogP contribution is -2.38. The summed E-state index contributed by atoms with van der Waals surface area (Å²) < 4.78 is 33.7. The van der Waals surface area contributed by atoms with Crippen molar-refractivity contribution < 1.29 is 12.8 Å². The first-order valence-corrected chi connectivity index (χ1v) is 10.7. The monoisotopic (exact) mass is 384 g/mol. The third kappa shape index (κ3) is 3.02. The minimum absolute atomic E-state index is 0.127. The van der Waals surface area contributed by atoms with Crippen LogP contribution in [0.1, 0.15) is 49.3 Å². The Morgan fingerprint density at radius 2 is 1.59 bits per heavy atom. The maximum atomic E-state index is 13.2. The van der Waals surface area contributed by atoms with E-state index in [-0.39, 0.29) is 10.8 Å². The Hall–Kier alpha value is -2.32. The van der Waals surface area contributed by atoms with Gasteiger partial charge in [0.05, 0.1) is 5.52 Å². The Kier molecular flexibility index (Phi) is 3.98. The van der Waals surface area contributed by atoms with Crippen LogP contribution in [-0.4, -0.2) is 41.0 Å². The van der Waals surface area contributed by atoms with Crippen LogP contribution in [0.25, 0.3) is 10.9 Å². The highest BCUT2D eigenvalue weighted by molar-refractivity contribution is 7.89. The second-order valence-electron chi connectivity index (χ2n) is 7.26. The van der Waals surface area contributed by atoms with Crippen LogP contribution in [0.2, 0.25) is 0 Å². The Labute approximate surface area is 157 Å². The van der Waals surface area contributed by atoms with Crippen molar-refractivity contribution in [2.75, 3.05) is 13.1 Å². The topological polar surface area (TPSA) is 89.2 Å². The molecule has 1 aliphatic carbocycles. The van der Waals surface area contributed by atoms with Crippen molar-refractivity contribution in [2.45, 2.75) is 42.4 Å². The predicted octanol–water partition coefficient (Wildman–Crippen LogP) is 3.06. The number of para-hydroxylation sites is 1. The van der Waals surface area contributed by atoms with E-state index in [1.54, 1.807) is 22.6 Å². The van der Waals surface area contributed by atoms with Gasteiger partial charge in [-0.25, -0.2) is 8.42 Å². The normalized spacial score (nSPS) is 19.6. The maximum Gasteiger partial charge on any atom is 0.245 e. The fraction of sp³-hybridized carbons (Fsp3) is 0.421. The number of fused-ring (bicyclic) bond motifs is 1. The van der Waals surface area contributed by atoms with Crippen LogP contribution >= 0.6 is 0 Å². The van der Waals surface area contributed by atoms with Crippen LogP contribution in [0.5, 0.6) is 0 Å². The molecule has 0 bridgehead atoms. The van der Waals surface area contributed by atoms with Crippen LogP contribution in [0, 0.1) is 0 Å². The van der Waals surface area contributed by atoms with Crippen molar-refractivity contribution in [3.63, 3.8) is 0 Å². The molecule has 1 aromatic carbocycles. The molecule has 7 nitrogen and oxygen atoms in total. The molecule has 8 heteroatoms. The number of hydrogen-bond acceptors (Lipinski definition) is 6. The molecule has 0 atom stereocenters. The Bertz CT molecular complexity index is 1080. The van der Waals surface area contributed by atoms with Crippen molar-refractivity contribution in [1.82, 2.24) is 19.5 Å². The fourth-order valence-electron chi connectivity index (χ4n) is 3.67. The number of sulfonamides is 1. The van der Waals surface area contributed by atoms with Crippen molar-refractivity contribution in [3.8, 4) is 0 Å². The van der Waals surface area contributed by atoms with Gasteiger partial charge < -0.3 is 4.42 Å². The number of hydrogen-bond donors (Lipinski definition) is 0. The number of benzene rings is 1. The zero-order valence-corrected chi connectivity index (χ0v) is 15.6. The molecular weight excluding hydrogens is 364 g/mol. The standard InChI is InChI=1S/C19H20N4O3S/c24-27(25,16-5-1-3-13-4-2-10-20-17(13)16)23-11-8-15(9-12-23)19-22-21-18(26-19)14-6-7-14/h1-5,10,14-15H,6-9,11-12H2. The molecule has 3 aromatic rings. The van der Waals surface area contributed by atoms with E-state index in [2.05, 4.69) is 15.2 Å². The van der Waals surface area contributed by atoms with Gasteiger partial charge in [0, 0.05) is 36.5 Å². The van der Waals surface area contributed by atoms with Gasteiger partial charge in [-0.05, 0) is 37.8 Å². The number of rotatable bonds is 4. The summed E-state index contributed by atoms with van der Waals surface area (Å²) in [6.07, 6.45) is 5.24. The lowest BCUT2D eigenvalue weighted by molar-refractivity contribution is 0.286. The highest BCUT2D eigenvalue weighted by Gasteiger charge is 2.35. The molecule has 1 aliphatic heterocycles. The van der Waals surface area contributed by atoms with Crippen LogP contribution in [-0.2, 0) is 10.0 Å². The summed E-state index contributed by atoms with van der Waals surface area (Å²) in [5.41, 5.74) is 0.521. The molecule has 1 saturated carbocycles. The van der Waals surface area contributed by atoms with E-state index in [4.69, 9.17) is 4.42 Å². The lowest BCUT2D eigenvalue weighted by Gasteiger charge is -2.29.